The smallest absolute Gasteiger partial charge is 0.229 e. The number of aryl methyl sites for hydroxylation is 2. The molecule has 0 aliphatic carbocycles. The lowest BCUT2D eigenvalue weighted by Gasteiger charge is -2.16. The fraction of sp³-hybridized carbons (Fsp3) is 0.200. The van der Waals surface area contributed by atoms with Crippen molar-refractivity contribution in [3.8, 4) is 5.75 Å². The van der Waals surface area contributed by atoms with Crippen LogP contribution in [-0.4, -0.2) is 24.4 Å². The molecule has 25 heavy (non-hydrogen) atoms. The molecule has 0 spiro atoms. The maximum atomic E-state index is 6.12. The molecule has 1 heterocycles. The predicted octanol–water partition coefficient (Wildman–Crippen LogP) is 4.49. The highest BCUT2D eigenvalue weighted by atomic mass is 28.3. The summed E-state index contributed by atoms with van der Waals surface area (Å²) in [5, 5.41) is 0. The second-order valence-electron chi connectivity index (χ2n) is 6.23. The fourth-order valence-corrected chi connectivity index (χ4v) is 3.37. The predicted molar refractivity (Wildman–Crippen MR) is 106 cm³/mol. The van der Waals surface area contributed by atoms with Gasteiger partial charge in [-0.05, 0) is 38.6 Å². The van der Waals surface area contributed by atoms with Crippen molar-refractivity contribution in [2.45, 2.75) is 26.9 Å². The summed E-state index contributed by atoms with van der Waals surface area (Å²) in [6.45, 7) is 8.37. The van der Waals surface area contributed by atoms with Crippen molar-refractivity contribution in [2.24, 2.45) is 4.99 Å². The van der Waals surface area contributed by atoms with Gasteiger partial charge in [0.1, 0.15) is 23.1 Å². The molecular weight excluding hydrogens is 326 g/mol. The maximum absolute atomic E-state index is 6.12. The van der Waals surface area contributed by atoms with Crippen LogP contribution in [0.4, 0.5) is 5.69 Å². The second-order valence-corrected chi connectivity index (χ2v) is 8.57. The van der Waals surface area contributed by atoms with Crippen molar-refractivity contribution in [3.05, 3.63) is 77.9 Å². The molecule has 0 aliphatic rings. The number of aliphatic imine (C=N–C) groups is 1. The van der Waals surface area contributed by atoms with E-state index in [1.807, 2.05) is 48.0 Å². The van der Waals surface area contributed by atoms with Gasteiger partial charge >= 0.3 is 0 Å². The van der Waals surface area contributed by atoms with E-state index in [9.17, 15) is 0 Å². The highest BCUT2D eigenvalue weighted by Crippen LogP contribution is 2.32. The molecule has 3 rings (SSSR count). The highest BCUT2D eigenvalue weighted by Gasteiger charge is 2.13. The van der Waals surface area contributed by atoms with E-state index in [0.29, 0.717) is 0 Å². The van der Waals surface area contributed by atoms with Gasteiger partial charge in [0.05, 0.1) is 0 Å². The van der Waals surface area contributed by atoms with Gasteiger partial charge in [-0.15, -0.1) is 0 Å². The van der Waals surface area contributed by atoms with Crippen LogP contribution in [0.2, 0.25) is 13.1 Å². The molecule has 4 nitrogen and oxygen atoms in total. The Hall–Kier alpha value is -2.66. The van der Waals surface area contributed by atoms with Gasteiger partial charge in [0.2, 0.25) is 9.04 Å². The zero-order chi connectivity index (χ0) is 17.8. The number of nitrogens with zero attached hydrogens (tertiary/aromatic N) is 3. The quantitative estimate of drug-likeness (QED) is 0.395. The van der Waals surface area contributed by atoms with Crippen molar-refractivity contribution in [1.29, 1.82) is 0 Å². The zero-order valence-corrected chi connectivity index (χ0v) is 16.3. The maximum Gasteiger partial charge on any atom is 0.229 e. The van der Waals surface area contributed by atoms with E-state index in [1.54, 1.807) is 6.20 Å². The molecule has 0 saturated carbocycles. The Kier molecular flexibility index (Phi) is 5.14. The molecule has 0 atom stereocenters. The third-order valence-electron chi connectivity index (χ3n) is 3.87. The molecule has 0 aliphatic heterocycles. The summed E-state index contributed by atoms with van der Waals surface area (Å²) in [6, 6.07) is 16.3. The average molecular weight is 350 g/mol. The molecule has 0 bridgehead atoms. The number of rotatable bonds is 4. The van der Waals surface area contributed by atoms with Gasteiger partial charge in [-0.1, -0.05) is 42.5 Å². The monoisotopic (exact) mass is 349 g/mol. The van der Waals surface area contributed by atoms with Crippen molar-refractivity contribution in [3.63, 3.8) is 0 Å². The Labute approximate surface area is 150 Å². The first kappa shape index (κ1) is 17.2. The van der Waals surface area contributed by atoms with Crippen molar-refractivity contribution in [2.75, 3.05) is 0 Å². The minimum absolute atomic E-state index is 0.847. The third-order valence-corrected chi connectivity index (χ3v) is 4.59. The minimum atomic E-state index is -1.22. The van der Waals surface area contributed by atoms with E-state index in [1.165, 1.54) is 0 Å². The molecule has 2 aromatic carbocycles. The largest absolute Gasteiger partial charge is 0.546 e. The number of hydrogen-bond donors (Lipinski definition) is 0. The first-order valence-electron chi connectivity index (χ1n) is 8.47. The SMILES string of the molecule is Cc1cccc(O[SiH](C)C)c1N=C(c1ccccc1)n1ccnc1C. The molecule has 0 amide bonds. The van der Waals surface area contributed by atoms with Gasteiger partial charge in [-0.3, -0.25) is 4.57 Å². The van der Waals surface area contributed by atoms with Gasteiger partial charge < -0.3 is 4.43 Å². The van der Waals surface area contributed by atoms with Crippen LogP contribution in [0.5, 0.6) is 5.75 Å². The van der Waals surface area contributed by atoms with Gasteiger partial charge in [0.15, 0.2) is 0 Å². The van der Waals surface area contributed by atoms with Crippen LogP contribution in [0.1, 0.15) is 17.0 Å². The van der Waals surface area contributed by atoms with E-state index in [-0.39, 0.29) is 0 Å². The van der Waals surface area contributed by atoms with E-state index < -0.39 is 9.04 Å². The molecule has 1 aromatic heterocycles. The topological polar surface area (TPSA) is 39.4 Å². The highest BCUT2D eigenvalue weighted by molar-refractivity contribution is 6.49. The summed E-state index contributed by atoms with van der Waals surface area (Å²) in [7, 11) is -1.22. The number of hydrogen-bond acceptors (Lipinski definition) is 3. The second kappa shape index (κ2) is 7.48. The van der Waals surface area contributed by atoms with E-state index in [0.717, 1.165) is 34.2 Å². The molecule has 0 fully saturated rings. The van der Waals surface area contributed by atoms with Gasteiger partial charge in [0.25, 0.3) is 0 Å². The molecule has 3 aromatic rings. The van der Waals surface area contributed by atoms with Crippen LogP contribution in [0.3, 0.4) is 0 Å². The van der Waals surface area contributed by atoms with Crippen LogP contribution in [-0.2, 0) is 0 Å². The average Bonchev–Trinajstić information content (AvgIpc) is 3.01. The van der Waals surface area contributed by atoms with E-state index >= 15 is 0 Å². The number of aromatic nitrogens is 2. The Morgan fingerprint density at radius 1 is 1.04 bits per heavy atom. The molecule has 0 saturated heterocycles. The minimum Gasteiger partial charge on any atom is -0.546 e. The summed E-state index contributed by atoms with van der Waals surface area (Å²) in [6.07, 6.45) is 3.74. The summed E-state index contributed by atoms with van der Waals surface area (Å²) >= 11 is 0. The molecule has 0 unspecified atom stereocenters. The van der Waals surface area contributed by atoms with Gasteiger partial charge in [-0.2, -0.15) is 0 Å². The number of benzene rings is 2. The number of para-hydroxylation sites is 1. The van der Waals surface area contributed by atoms with Crippen molar-refractivity contribution >= 4 is 20.6 Å². The fourth-order valence-electron chi connectivity index (χ4n) is 2.68. The number of imidazole rings is 1. The Balaban J connectivity index is 2.20. The third kappa shape index (κ3) is 3.88. The van der Waals surface area contributed by atoms with E-state index in [2.05, 4.69) is 43.2 Å². The Morgan fingerprint density at radius 2 is 1.80 bits per heavy atom. The van der Waals surface area contributed by atoms with Crippen LogP contribution < -0.4 is 4.43 Å². The standard InChI is InChI=1S/C20H23N3OSi/c1-15-9-8-12-18(24-25(3)4)19(15)22-20(17-10-6-5-7-11-17)23-14-13-21-16(23)2/h5-14,25H,1-4H3. The molecule has 0 radical (unpaired) electrons. The van der Waals surface area contributed by atoms with E-state index in [4.69, 9.17) is 9.42 Å². The molecule has 5 heteroatoms. The van der Waals surface area contributed by atoms with Crippen LogP contribution in [0, 0.1) is 13.8 Å². The van der Waals surface area contributed by atoms with Gasteiger partial charge in [0, 0.05) is 18.0 Å². The molecular formula is C20H23N3OSi. The molecule has 128 valence electrons. The lowest BCUT2D eigenvalue weighted by atomic mass is 10.1. The lowest BCUT2D eigenvalue weighted by molar-refractivity contribution is 0.581. The Bertz CT molecular complexity index is 885. The van der Waals surface area contributed by atoms with Crippen LogP contribution in [0.15, 0.2) is 65.9 Å². The Morgan fingerprint density at radius 3 is 2.44 bits per heavy atom. The lowest BCUT2D eigenvalue weighted by Crippen LogP contribution is -2.15. The molecule has 0 N–H and O–H groups in total. The summed E-state index contributed by atoms with van der Waals surface area (Å²) in [5.41, 5.74) is 3.02. The normalized spacial score (nSPS) is 11.8. The summed E-state index contributed by atoms with van der Waals surface area (Å²) in [5.74, 6) is 2.60. The first-order valence-corrected chi connectivity index (χ1v) is 11.2. The zero-order valence-electron chi connectivity index (χ0n) is 15.1. The van der Waals surface area contributed by atoms with Crippen LogP contribution in [0.25, 0.3) is 0 Å². The first-order chi connectivity index (χ1) is 12.1. The summed E-state index contributed by atoms with van der Waals surface area (Å²) in [4.78, 5) is 9.38. The van der Waals surface area contributed by atoms with Crippen LogP contribution >= 0.6 is 0 Å². The van der Waals surface area contributed by atoms with Gasteiger partial charge in [-0.25, -0.2) is 9.98 Å². The van der Waals surface area contributed by atoms with Crippen molar-refractivity contribution < 1.29 is 4.43 Å². The van der Waals surface area contributed by atoms with Crippen molar-refractivity contribution in [1.82, 2.24) is 9.55 Å². The summed E-state index contributed by atoms with van der Waals surface area (Å²) < 4.78 is 8.13.